The smallest absolute Gasteiger partial charge is 0.239 e. The molecule has 0 spiro atoms. The SMILES string of the molecule is CCCNC(=O)CNC(=NCc1ccc(C)cc1OC(C)C)NCC.I. The highest BCUT2D eigenvalue weighted by atomic mass is 127. The van der Waals surface area contributed by atoms with Gasteiger partial charge in [0.1, 0.15) is 5.75 Å². The van der Waals surface area contributed by atoms with E-state index < -0.39 is 0 Å². The molecule has 0 radical (unpaired) electrons. The van der Waals surface area contributed by atoms with E-state index in [9.17, 15) is 4.79 Å². The number of aryl methyl sites for hydroxylation is 1. The van der Waals surface area contributed by atoms with E-state index >= 15 is 0 Å². The van der Waals surface area contributed by atoms with Crippen LogP contribution >= 0.6 is 24.0 Å². The Morgan fingerprint density at radius 2 is 1.92 bits per heavy atom. The second-order valence-corrected chi connectivity index (χ2v) is 6.18. The first-order valence-electron chi connectivity index (χ1n) is 9.01. The summed E-state index contributed by atoms with van der Waals surface area (Å²) in [7, 11) is 0. The summed E-state index contributed by atoms with van der Waals surface area (Å²) in [5, 5.41) is 9.05. The molecule has 148 valence electrons. The highest BCUT2D eigenvalue weighted by molar-refractivity contribution is 14.0. The van der Waals surface area contributed by atoms with Gasteiger partial charge in [-0.25, -0.2) is 4.99 Å². The number of nitrogens with one attached hydrogen (secondary N) is 3. The van der Waals surface area contributed by atoms with Crippen LogP contribution in [0.25, 0.3) is 0 Å². The number of halogens is 1. The second kappa shape index (κ2) is 13.7. The van der Waals surface area contributed by atoms with Gasteiger partial charge in [-0.05, 0) is 45.7 Å². The summed E-state index contributed by atoms with van der Waals surface area (Å²) in [4.78, 5) is 16.3. The van der Waals surface area contributed by atoms with E-state index in [2.05, 4.69) is 27.0 Å². The van der Waals surface area contributed by atoms with Crippen molar-refractivity contribution in [2.45, 2.75) is 53.7 Å². The molecule has 0 saturated carbocycles. The zero-order valence-electron chi connectivity index (χ0n) is 16.5. The monoisotopic (exact) mass is 476 g/mol. The molecule has 26 heavy (non-hydrogen) atoms. The minimum absolute atomic E-state index is 0. The number of carbonyl (C=O) groups excluding carboxylic acids is 1. The lowest BCUT2D eigenvalue weighted by molar-refractivity contribution is -0.120. The van der Waals surface area contributed by atoms with Crippen LogP contribution in [0.15, 0.2) is 23.2 Å². The molecule has 3 N–H and O–H groups in total. The lowest BCUT2D eigenvalue weighted by Gasteiger charge is -2.15. The molecule has 0 aromatic heterocycles. The van der Waals surface area contributed by atoms with Gasteiger partial charge in [-0.2, -0.15) is 0 Å². The summed E-state index contributed by atoms with van der Waals surface area (Å²) in [6.07, 6.45) is 1.03. The molecule has 0 fully saturated rings. The summed E-state index contributed by atoms with van der Waals surface area (Å²) in [5.74, 6) is 1.44. The van der Waals surface area contributed by atoms with Crippen molar-refractivity contribution in [3.63, 3.8) is 0 Å². The Morgan fingerprint density at radius 1 is 1.19 bits per heavy atom. The summed E-state index contributed by atoms with van der Waals surface area (Å²) >= 11 is 0. The quantitative estimate of drug-likeness (QED) is 0.291. The predicted molar refractivity (Wildman–Crippen MR) is 118 cm³/mol. The van der Waals surface area contributed by atoms with Gasteiger partial charge in [-0.3, -0.25) is 4.79 Å². The van der Waals surface area contributed by atoms with Crippen molar-refractivity contribution in [3.05, 3.63) is 29.3 Å². The third kappa shape index (κ3) is 9.84. The number of hydrogen-bond acceptors (Lipinski definition) is 3. The minimum atomic E-state index is -0.0355. The molecule has 1 rings (SSSR count). The van der Waals surface area contributed by atoms with Crippen molar-refractivity contribution in [1.29, 1.82) is 0 Å². The van der Waals surface area contributed by atoms with Crippen LogP contribution < -0.4 is 20.7 Å². The Morgan fingerprint density at radius 3 is 2.54 bits per heavy atom. The third-order valence-corrected chi connectivity index (χ3v) is 3.33. The van der Waals surface area contributed by atoms with Gasteiger partial charge in [0.25, 0.3) is 0 Å². The van der Waals surface area contributed by atoms with Crippen molar-refractivity contribution in [3.8, 4) is 5.75 Å². The Hall–Kier alpha value is -1.51. The molecule has 7 heteroatoms. The highest BCUT2D eigenvalue weighted by Crippen LogP contribution is 2.22. The number of ether oxygens (including phenoxy) is 1. The van der Waals surface area contributed by atoms with E-state index in [1.54, 1.807) is 0 Å². The normalized spacial score (nSPS) is 10.9. The van der Waals surface area contributed by atoms with Gasteiger partial charge in [-0.15, -0.1) is 24.0 Å². The molecule has 0 aliphatic carbocycles. The van der Waals surface area contributed by atoms with Gasteiger partial charge >= 0.3 is 0 Å². The average molecular weight is 476 g/mol. The molecule has 6 nitrogen and oxygen atoms in total. The fraction of sp³-hybridized carbons (Fsp3) is 0.579. The molecule has 1 aromatic rings. The number of hydrogen-bond donors (Lipinski definition) is 3. The summed E-state index contributed by atoms with van der Waals surface area (Å²) in [5.41, 5.74) is 2.17. The fourth-order valence-electron chi connectivity index (χ4n) is 2.15. The van der Waals surface area contributed by atoms with Crippen LogP contribution in [0.3, 0.4) is 0 Å². The van der Waals surface area contributed by atoms with Crippen molar-refractivity contribution < 1.29 is 9.53 Å². The van der Waals surface area contributed by atoms with Crippen LogP contribution in [0.5, 0.6) is 5.75 Å². The first-order valence-corrected chi connectivity index (χ1v) is 9.01. The number of guanidine groups is 1. The van der Waals surface area contributed by atoms with E-state index in [1.165, 1.54) is 0 Å². The second-order valence-electron chi connectivity index (χ2n) is 6.18. The van der Waals surface area contributed by atoms with Crippen LogP contribution in [0, 0.1) is 6.92 Å². The van der Waals surface area contributed by atoms with Crippen molar-refractivity contribution >= 4 is 35.8 Å². The van der Waals surface area contributed by atoms with Crippen LogP contribution in [0.2, 0.25) is 0 Å². The van der Waals surface area contributed by atoms with Gasteiger partial charge in [0.05, 0.1) is 19.2 Å². The molecular weight excluding hydrogens is 443 g/mol. The van der Waals surface area contributed by atoms with E-state index in [4.69, 9.17) is 4.74 Å². The first-order chi connectivity index (χ1) is 12.0. The van der Waals surface area contributed by atoms with Crippen LogP contribution in [-0.2, 0) is 11.3 Å². The van der Waals surface area contributed by atoms with Crippen molar-refractivity contribution in [2.24, 2.45) is 4.99 Å². The maximum Gasteiger partial charge on any atom is 0.239 e. The molecule has 0 bridgehead atoms. The molecular formula is C19H33IN4O2. The lowest BCUT2D eigenvalue weighted by Crippen LogP contribution is -2.43. The Balaban J connectivity index is 0.00000625. The van der Waals surface area contributed by atoms with E-state index in [1.807, 2.05) is 46.8 Å². The van der Waals surface area contributed by atoms with Crippen LogP contribution in [-0.4, -0.2) is 37.6 Å². The molecule has 0 aliphatic rings. The third-order valence-electron chi connectivity index (χ3n) is 3.33. The predicted octanol–water partition coefficient (Wildman–Crippen LogP) is 2.98. The molecule has 0 saturated heterocycles. The fourth-order valence-corrected chi connectivity index (χ4v) is 2.15. The Bertz CT molecular complexity index is 577. The molecule has 1 aromatic carbocycles. The molecule has 0 atom stereocenters. The first kappa shape index (κ1) is 24.5. The zero-order valence-corrected chi connectivity index (χ0v) is 18.8. The summed E-state index contributed by atoms with van der Waals surface area (Å²) < 4.78 is 5.89. The largest absolute Gasteiger partial charge is 0.491 e. The Kier molecular flexibility index (Phi) is 12.9. The number of aliphatic imine (C=N–C) groups is 1. The molecule has 0 aliphatic heterocycles. The van der Waals surface area contributed by atoms with Gasteiger partial charge in [0.2, 0.25) is 5.91 Å². The number of benzene rings is 1. The number of carbonyl (C=O) groups is 1. The van der Waals surface area contributed by atoms with Gasteiger partial charge < -0.3 is 20.7 Å². The van der Waals surface area contributed by atoms with E-state index in [-0.39, 0.29) is 42.5 Å². The Labute approximate surface area is 174 Å². The maximum absolute atomic E-state index is 11.7. The van der Waals surface area contributed by atoms with E-state index in [0.717, 1.165) is 29.8 Å². The average Bonchev–Trinajstić information content (AvgIpc) is 2.56. The zero-order chi connectivity index (χ0) is 18.7. The van der Waals surface area contributed by atoms with E-state index in [0.29, 0.717) is 19.0 Å². The lowest BCUT2D eigenvalue weighted by atomic mass is 10.1. The van der Waals surface area contributed by atoms with Gasteiger partial charge in [0, 0.05) is 18.7 Å². The van der Waals surface area contributed by atoms with Crippen LogP contribution in [0.4, 0.5) is 0 Å². The van der Waals surface area contributed by atoms with Crippen LogP contribution in [0.1, 0.15) is 45.2 Å². The highest BCUT2D eigenvalue weighted by Gasteiger charge is 2.07. The maximum atomic E-state index is 11.7. The summed E-state index contributed by atoms with van der Waals surface area (Å²) in [6.45, 7) is 12.2. The molecule has 0 heterocycles. The minimum Gasteiger partial charge on any atom is -0.491 e. The van der Waals surface area contributed by atoms with Crippen molar-refractivity contribution in [1.82, 2.24) is 16.0 Å². The van der Waals surface area contributed by atoms with Gasteiger partial charge in [-0.1, -0.05) is 19.1 Å². The molecule has 1 amide bonds. The number of nitrogens with zero attached hydrogens (tertiary/aromatic N) is 1. The summed E-state index contributed by atoms with van der Waals surface area (Å²) in [6, 6.07) is 6.12. The molecule has 0 unspecified atom stereocenters. The van der Waals surface area contributed by atoms with Crippen molar-refractivity contribution in [2.75, 3.05) is 19.6 Å². The number of amides is 1. The number of rotatable bonds is 9. The van der Waals surface area contributed by atoms with Gasteiger partial charge in [0.15, 0.2) is 5.96 Å². The standard InChI is InChI=1S/C19H32N4O2.HI/c1-6-10-21-18(24)13-23-19(20-7-2)22-12-16-9-8-15(5)11-17(16)25-14(3)4;/h8-9,11,14H,6-7,10,12-13H2,1-5H3,(H,21,24)(H2,20,22,23);1H. The topological polar surface area (TPSA) is 74.8 Å².